The molecule has 4 aromatic rings. The smallest absolute Gasteiger partial charge is 0.185 e. The Bertz CT molecular complexity index is 1220. The van der Waals surface area contributed by atoms with E-state index in [9.17, 15) is 4.79 Å². The third kappa shape index (κ3) is 4.42. The van der Waals surface area contributed by atoms with Gasteiger partial charge in [0, 0.05) is 31.1 Å². The highest BCUT2D eigenvalue weighted by Crippen LogP contribution is 2.25. The largest absolute Gasteiger partial charge is 0.348 e. The summed E-state index contributed by atoms with van der Waals surface area (Å²) >= 11 is 1.72. The minimum Gasteiger partial charge on any atom is -0.348 e. The van der Waals surface area contributed by atoms with Crippen molar-refractivity contribution in [3.63, 3.8) is 0 Å². The lowest BCUT2D eigenvalue weighted by Gasteiger charge is -2.25. The van der Waals surface area contributed by atoms with E-state index in [0.29, 0.717) is 13.0 Å². The fourth-order valence-corrected chi connectivity index (χ4v) is 5.29. The van der Waals surface area contributed by atoms with Gasteiger partial charge in [-0.1, -0.05) is 42.5 Å². The first-order valence-electron chi connectivity index (χ1n) is 11.0. The lowest BCUT2D eigenvalue weighted by molar-refractivity contribution is 0.0984. The number of thiazole rings is 1. The maximum atomic E-state index is 13.2. The molecule has 0 unspecified atom stereocenters. The molecule has 31 heavy (non-hydrogen) atoms. The van der Waals surface area contributed by atoms with Gasteiger partial charge < -0.3 is 9.47 Å². The second kappa shape index (κ2) is 8.67. The van der Waals surface area contributed by atoms with Crippen molar-refractivity contribution in [3.8, 4) is 0 Å². The van der Waals surface area contributed by atoms with E-state index in [1.54, 1.807) is 11.3 Å². The molecule has 5 heteroatoms. The van der Waals surface area contributed by atoms with E-state index < -0.39 is 0 Å². The zero-order chi connectivity index (χ0) is 21.2. The van der Waals surface area contributed by atoms with Crippen LogP contribution in [0.2, 0.25) is 0 Å². The number of fused-ring (bicyclic) bond motifs is 1. The van der Waals surface area contributed by atoms with Crippen LogP contribution < -0.4 is 4.90 Å². The van der Waals surface area contributed by atoms with E-state index in [1.807, 2.05) is 25.1 Å². The molecule has 0 bridgehead atoms. The Hall–Kier alpha value is -2.92. The molecule has 0 radical (unpaired) electrons. The van der Waals surface area contributed by atoms with Gasteiger partial charge >= 0.3 is 0 Å². The highest BCUT2D eigenvalue weighted by atomic mass is 32.1. The molecule has 0 spiro atoms. The van der Waals surface area contributed by atoms with E-state index in [1.165, 1.54) is 30.0 Å². The topological polar surface area (TPSA) is 38.1 Å². The molecule has 2 aromatic carbocycles. The van der Waals surface area contributed by atoms with Crippen molar-refractivity contribution in [2.75, 3.05) is 18.0 Å². The molecular weight excluding hydrogens is 402 g/mol. The van der Waals surface area contributed by atoms with Gasteiger partial charge in [-0.2, -0.15) is 0 Å². The zero-order valence-electron chi connectivity index (χ0n) is 17.9. The molecule has 5 rings (SSSR count). The maximum Gasteiger partial charge on any atom is 0.185 e. The Morgan fingerprint density at radius 2 is 1.84 bits per heavy atom. The Morgan fingerprint density at radius 3 is 2.68 bits per heavy atom. The van der Waals surface area contributed by atoms with Crippen LogP contribution in [0.5, 0.6) is 0 Å². The van der Waals surface area contributed by atoms with Gasteiger partial charge in [0.1, 0.15) is 0 Å². The van der Waals surface area contributed by atoms with Crippen LogP contribution in [0.1, 0.15) is 46.6 Å². The first-order valence-corrected chi connectivity index (χ1v) is 11.9. The van der Waals surface area contributed by atoms with Crippen LogP contribution >= 0.6 is 11.3 Å². The van der Waals surface area contributed by atoms with Crippen LogP contribution in [0.3, 0.4) is 0 Å². The van der Waals surface area contributed by atoms with Crippen molar-refractivity contribution >= 4 is 33.0 Å². The number of rotatable bonds is 6. The predicted molar refractivity (Wildman–Crippen MR) is 128 cm³/mol. The molecule has 1 fully saturated rings. The lowest BCUT2D eigenvalue weighted by Crippen LogP contribution is -2.29. The molecule has 0 N–H and O–H groups in total. The lowest BCUT2D eigenvalue weighted by atomic mass is 10.0. The number of carbonyl (C=O) groups excluding carboxylic acids is 1. The van der Waals surface area contributed by atoms with E-state index in [-0.39, 0.29) is 5.78 Å². The monoisotopic (exact) mass is 429 g/mol. The number of hydrogen-bond donors (Lipinski definition) is 0. The van der Waals surface area contributed by atoms with Gasteiger partial charge in [-0.3, -0.25) is 4.79 Å². The molecule has 158 valence electrons. The van der Waals surface area contributed by atoms with Gasteiger partial charge in [0.15, 0.2) is 10.9 Å². The number of anilines is 1. The number of carbonyl (C=O) groups is 1. The Morgan fingerprint density at radius 1 is 1.03 bits per heavy atom. The number of piperidine rings is 1. The summed E-state index contributed by atoms with van der Waals surface area (Å²) in [6, 6.07) is 16.6. The summed E-state index contributed by atoms with van der Waals surface area (Å²) in [6.45, 7) is 4.89. The van der Waals surface area contributed by atoms with Crippen molar-refractivity contribution in [2.24, 2.45) is 0 Å². The van der Waals surface area contributed by atoms with E-state index in [2.05, 4.69) is 51.4 Å². The minimum absolute atomic E-state index is 0.148. The van der Waals surface area contributed by atoms with Crippen molar-refractivity contribution in [1.29, 1.82) is 0 Å². The normalized spacial score (nSPS) is 14.3. The standard InChI is InChI=1S/C26H27N3OS/c1-19-13-24(25(30)15-20-9-10-21-7-3-4-8-22(21)14-20)29(16-19)17-23-18-31-26(27-23)28-11-5-2-6-12-28/h3-4,7-10,13-14,16,18H,2,5-6,11-12,15,17H2,1H3. The number of benzene rings is 2. The molecule has 0 saturated carbocycles. The Kier molecular flexibility index (Phi) is 5.60. The minimum atomic E-state index is 0.148. The third-order valence-electron chi connectivity index (χ3n) is 6.00. The second-order valence-corrected chi connectivity index (χ2v) is 9.32. The molecule has 1 aliphatic rings. The van der Waals surface area contributed by atoms with E-state index in [0.717, 1.165) is 40.7 Å². The molecule has 1 saturated heterocycles. The number of aryl methyl sites for hydroxylation is 1. The SMILES string of the molecule is Cc1cc(C(=O)Cc2ccc3ccccc3c2)n(Cc2csc(N3CCCCC3)n2)c1. The van der Waals surface area contributed by atoms with Gasteiger partial charge in [0.05, 0.1) is 17.9 Å². The fraction of sp³-hybridized carbons (Fsp3) is 0.308. The quantitative estimate of drug-likeness (QED) is 0.360. The molecule has 3 heterocycles. The summed E-state index contributed by atoms with van der Waals surface area (Å²) < 4.78 is 2.06. The van der Waals surface area contributed by atoms with Gasteiger partial charge in [0.25, 0.3) is 0 Å². The predicted octanol–water partition coefficient (Wildman–Crippen LogP) is 5.87. The van der Waals surface area contributed by atoms with Crippen LogP contribution in [0.25, 0.3) is 10.8 Å². The highest BCUT2D eigenvalue weighted by Gasteiger charge is 2.17. The molecule has 0 amide bonds. The second-order valence-electron chi connectivity index (χ2n) is 8.48. The van der Waals surface area contributed by atoms with Gasteiger partial charge in [-0.05, 0) is 54.2 Å². The number of nitrogens with zero attached hydrogens (tertiary/aromatic N) is 3. The van der Waals surface area contributed by atoms with E-state index >= 15 is 0 Å². The fourth-order valence-electron chi connectivity index (χ4n) is 4.42. The molecule has 0 atom stereocenters. The van der Waals surface area contributed by atoms with Crippen molar-refractivity contribution in [2.45, 2.75) is 39.2 Å². The zero-order valence-corrected chi connectivity index (χ0v) is 18.7. The molecule has 4 nitrogen and oxygen atoms in total. The average molecular weight is 430 g/mol. The van der Waals surface area contributed by atoms with Gasteiger partial charge in [0.2, 0.25) is 0 Å². The van der Waals surface area contributed by atoms with Gasteiger partial charge in [-0.15, -0.1) is 11.3 Å². The van der Waals surface area contributed by atoms with Crippen LogP contribution in [-0.2, 0) is 13.0 Å². The van der Waals surface area contributed by atoms with Crippen LogP contribution in [0, 0.1) is 6.92 Å². The Balaban J connectivity index is 1.33. The summed E-state index contributed by atoms with van der Waals surface area (Å²) in [7, 11) is 0. The summed E-state index contributed by atoms with van der Waals surface area (Å²) in [4.78, 5) is 20.4. The maximum absolute atomic E-state index is 13.2. The summed E-state index contributed by atoms with van der Waals surface area (Å²) in [6.07, 6.45) is 6.29. The van der Waals surface area contributed by atoms with Crippen LogP contribution in [0.4, 0.5) is 5.13 Å². The molecule has 2 aromatic heterocycles. The first kappa shape index (κ1) is 20.0. The van der Waals surface area contributed by atoms with Gasteiger partial charge in [-0.25, -0.2) is 4.98 Å². The number of aromatic nitrogens is 2. The van der Waals surface area contributed by atoms with Crippen molar-refractivity contribution in [3.05, 3.63) is 82.6 Å². The number of Topliss-reactive ketones (excluding diaryl/α,β-unsaturated/α-hetero) is 1. The number of hydrogen-bond acceptors (Lipinski definition) is 4. The Labute approximate surface area is 187 Å². The van der Waals surface area contributed by atoms with Crippen molar-refractivity contribution in [1.82, 2.24) is 9.55 Å². The van der Waals surface area contributed by atoms with Crippen LogP contribution in [-0.4, -0.2) is 28.4 Å². The third-order valence-corrected chi connectivity index (χ3v) is 6.95. The summed E-state index contributed by atoms with van der Waals surface area (Å²) in [5.74, 6) is 0.148. The summed E-state index contributed by atoms with van der Waals surface area (Å²) in [5.41, 5.74) is 3.95. The molecule has 0 aliphatic carbocycles. The molecule has 1 aliphatic heterocycles. The van der Waals surface area contributed by atoms with Crippen LogP contribution in [0.15, 0.2) is 60.1 Å². The number of ketones is 1. The highest BCUT2D eigenvalue weighted by molar-refractivity contribution is 7.13. The van der Waals surface area contributed by atoms with E-state index in [4.69, 9.17) is 4.98 Å². The average Bonchev–Trinajstić information content (AvgIpc) is 3.41. The molecular formula is C26H27N3OS. The van der Waals surface area contributed by atoms with Crippen molar-refractivity contribution < 1.29 is 4.79 Å². The first-order chi connectivity index (χ1) is 15.2. The summed E-state index contributed by atoms with van der Waals surface area (Å²) in [5, 5.41) is 5.62.